The second kappa shape index (κ2) is 6.89. The number of benzene rings is 1. The van der Waals surface area contributed by atoms with Crippen LogP contribution in [-0.4, -0.2) is 25.4 Å². The average Bonchev–Trinajstić information content (AvgIpc) is 2.46. The molecule has 1 heterocycles. The molecule has 0 fully saturated rings. The van der Waals surface area contributed by atoms with Crippen LogP contribution in [0.4, 0.5) is 5.82 Å². The lowest BCUT2D eigenvalue weighted by molar-refractivity contribution is 0.102. The van der Waals surface area contributed by atoms with Crippen molar-refractivity contribution >= 4 is 21.7 Å². The standard InChI is InChI=1S/C16H19N3O3S/c1-11(2)19-23(21,22)14-6-4-5-13(10-14)16(20)18-15-9-12(3)7-8-17-15/h4-11,19H,1-3H3,(H,17,18,20). The van der Waals surface area contributed by atoms with Crippen molar-refractivity contribution in [3.05, 3.63) is 53.7 Å². The summed E-state index contributed by atoms with van der Waals surface area (Å²) in [7, 11) is -3.64. The molecular formula is C16H19N3O3S. The molecule has 2 aromatic rings. The number of rotatable bonds is 5. The number of nitrogens with one attached hydrogen (secondary N) is 2. The largest absolute Gasteiger partial charge is 0.307 e. The molecule has 23 heavy (non-hydrogen) atoms. The molecule has 122 valence electrons. The van der Waals surface area contributed by atoms with Crippen LogP contribution in [0.2, 0.25) is 0 Å². The van der Waals surface area contributed by atoms with Crippen molar-refractivity contribution in [2.75, 3.05) is 5.32 Å². The van der Waals surface area contributed by atoms with Crippen LogP contribution < -0.4 is 10.0 Å². The topological polar surface area (TPSA) is 88.2 Å². The quantitative estimate of drug-likeness (QED) is 0.879. The van der Waals surface area contributed by atoms with Crippen molar-refractivity contribution in [1.82, 2.24) is 9.71 Å². The minimum absolute atomic E-state index is 0.0519. The molecule has 7 heteroatoms. The van der Waals surface area contributed by atoms with Crippen molar-refractivity contribution in [3.63, 3.8) is 0 Å². The zero-order chi connectivity index (χ0) is 17.0. The molecule has 0 unspecified atom stereocenters. The summed E-state index contributed by atoms with van der Waals surface area (Å²) >= 11 is 0. The molecule has 6 nitrogen and oxygen atoms in total. The predicted octanol–water partition coefficient (Wildman–Crippen LogP) is 2.33. The zero-order valence-corrected chi connectivity index (χ0v) is 14.0. The highest BCUT2D eigenvalue weighted by atomic mass is 32.2. The molecule has 1 aromatic carbocycles. The van der Waals surface area contributed by atoms with Gasteiger partial charge in [0, 0.05) is 17.8 Å². The Balaban J connectivity index is 2.24. The molecule has 2 rings (SSSR count). The summed E-state index contributed by atoms with van der Waals surface area (Å²) in [5.74, 6) is 0.00765. The summed E-state index contributed by atoms with van der Waals surface area (Å²) in [6.45, 7) is 5.36. The van der Waals surface area contributed by atoms with Gasteiger partial charge >= 0.3 is 0 Å². The summed E-state index contributed by atoms with van der Waals surface area (Å²) in [6.07, 6.45) is 1.60. The van der Waals surface area contributed by atoms with E-state index in [1.54, 1.807) is 32.2 Å². The monoisotopic (exact) mass is 333 g/mol. The number of aryl methyl sites for hydroxylation is 1. The van der Waals surface area contributed by atoms with Gasteiger partial charge in [-0.05, 0) is 56.7 Å². The summed E-state index contributed by atoms with van der Waals surface area (Å²) in [6, 6.07) is 9.21. The van der Waals surface area contributed by atoms with E-state index in [-0.39, 0.29) is 16.5 Å². The van der Waals surface area contributed by atoms with Gasteiger partial charge in [-0.1, -0.05) is 6.07 Å². The Labute approximate surface area is 136 Å². The lowest BCUT2D eigenvalue weighted by Crippen LogP contribution is -2.30. The maximum atomic E-state index is 12.3. The molecule has 0 aliphatic rings. The summed E-state index contributed by atoms with van der Waals surface area (Å²) in [5, 5.41) is 2.65. The van der Waals surface area contributed by atoms with Crippen LogP contribution >= 0.6 is 0 Å². The Kier molecular flexibility index (Phi) is 5.12. The van der Waals surface area contributed by atoms with Crippen molar-refractivity contribution in [1.29, 1.82) is 0 Å². The van der Waals surface area contributed by atoms with E-state index in [0.29, 0.717) is 5.82 Å². The Hall–Kier alpha value is -2.25. The van der Waals surface area contributed by atoms with Crippen molar-refractivity contribution in [2.45, 2.75) is 31.7 Å². The molecule has 0 bridgehead atoms. The van der Waals surface area contributed by atoms with E-state index in [1.165, 1.54) is 18.2 Å². The summed E-state index contributed by atoms with van der Waals surface area (Å²) < 4.78 is 26.8. The SMILES string of the molecule is Cc1ccnc(NC(=O)c2cccc(S(=O)(=O)NC(C)C)c2)c1. The highest BCUT2D eigenvalue weighted by Crippen LogP contribution is 2.14. The zero-order valence-electron chi connectivity index (χ0n) is 13.2. The van der Waals surface area contributed by atoms with Crippen LogP contribution in [0.3, 0.4) is 0 Å². The van der Waals surface area contributed by atoms with Gasteiger partial charge in [-0.15, -0.1) is 0 Å². The van der Waals surface area contributed by atoms with E-state index in [2.05, 4.69) is 15.0 Å². The van der Waals surface area contributed by atoms with Gasteiger partial charge in [0.05, 0.1) is 4.90 Å². The maximum absolute atomic E-state index is 12.3. The molecule has 0 radical (unpaired) electrons. The van der Waals surface area contributed by atoms with Gasteiger partial charge in [0.15, 0.2) is 0 Å². The van der Waals surface area contributed by atoms with Gasteiger partial charge in [-0.25, -0.2) is 18.1 Å². The average molecular weight is 333 g/mol. The maximum Gasteiger partial charge on any atom is 0.256 e. The summed E-state index contributed by atoms with van der Waals surface area (Å²) in [4.78, 5) is 16.4. The van der Waals surface area contributed by atoms with E-state index >= 15 is 0 Å². The van der Waals surface area contributed by atoms with Crippen molar-refractivity contribution in [3.8, 4) is 0 Å². The molecule has 0 spiro atoms. The van der Waals surface area contributed by atoms with Gasteiger partial charge in [-0.3, -0.25) is 4.79 Å². The second-order valence-corrected chi connectivity index (χ2v) is 7.19. The number of pyridine rings is 1. The Morgan fingerprint density at radius 3 is 2.57 bits per heavy atom. The fraction of sp³-hybridized carbons (Fsp3) is 0.250. The fourth-order valence-corrected chi connectivity index (χ4v) is 3.27. The van der Waals surface area contributed by atoms with Gasteiger partial charge < -0.3 is 5.32 Å². The van der Waals surface area contributed by atoms with E-state index in [4.69, 9.17) is 0 Å². The number of hydrogen-bond acceptors (Lipinski definition) is 4. The molecule has 1 aromatic heterocycles. The van der Waals surface area contributed by atoms with Crippen LogP contribution in [0, 0.1) is 6.92 Å². The third-order valence-electron chi connectivity index (χ3n) is 2.95. The molecule has 0 aliphatic heterocycles. The Morgan fingerprint density at radius 2 is 1.91 bits per heavy atom. The van der Waals surface area contributed by atoms with Crippen LogP contribution in [0.5, 0.6) is 0 Å². The number of nitrogens with zero attached hydrogens (tertiary/aromatic N) is 1. The predicted molar refractivity (Wildman–Crippen MR) is 88.8 cm³/mol. The molecule has 0 aliphatic carbocycles. The van der Waals surface area contributed by atoms with E-state index in [0.717, 1.165) is 5.56 Å². The highest BCUT2D eigenvalue weighted by molar-refractivity contribution is 7.89. The first-order chi connectivity index (χ1) is 10.8. The van der Waals surface area contributed by atoms with Crippen molar-refractivity contribution in [2.24, 2.45) is 0 Å². The Bertz CT molecular complexity index is 817. The van der Waals surface area contributed by atoms with Gasteiger partial charge in [-0.2, -0.15) is 0 Å². The van der Waals surface area contributed by atoms with Crippen molar-refractivity contribution < 1.29 is 13.2 Å². The number of aromatic nitrogens is 1. The number of hydrogen-bond donors (Lipinski definition) is 2. The number of amides is 1. The van der Waals surface area contributed by atoms with Crippen LogP contribution in [0.1, 0.15) is 29.8 Å². The van der Waals surface area contributed by atoms with E-state index in [1.807, 2.05) is 13.0 Å². The minimum Gasteiger partial charge on any atom is -0.307 e. The number of carbonyl (C=O) groups is 1. The van der Waals surface area contributed by atoms with Crippen LogP contribution in [0.15, 0.2) is 47.5 Å². The molecular weight excluding hydrogens is 314 g/mol. The van der Waals surface area contributed by atoms with Gasteiger partial charge in [0.25, 0.3) is 5.91 Å². The number of sulfonamides is 1. The first kappa shape index (κ1) is 17.1. The van der Waals surface area contributed by atoms with E-state index in [9.17, 15) is 13.2 Å². The lowest BCUT2D eigenvalue weighted by Gasteiger charge is -2.11. The van der Waals surface area contributed by atoms with Gasteiger partial charge in [0.2, 0.25) is 10.0 Å². The molecule has 0 saturated heterocycles. The second-order valence-electron chi connectivity index (χ2n) is 5.48. The number of carbonyl (C=O) groups excluding carboxylic acids is 1. The highest BCUT2D eigenvalue weighted by Gasteiger charge is 2.17. The van der Waals surface area contributed by atoms with Gasteiger partial charge in [0.1, 0.15) is 5.82 Å². The molecule has 1 amide bonds. The smallest absolute Gasteiger partial charge is 0.256 e. The first-order valence-electron chi connectivity index (χ1n) is 7.14. The number of anilines is 1. The Morgan fingerprint density at radius 1 is 1.17 bits per heavy atom. The third-order valence-corrected chi connectivity index (χ3v) is 4.61. The molecule has 2 N–H and O–H groups in total. The molecule has 0 saturated carbocycles. The summed E-state index contributed by atoms with van der Waals surface area (Å²) in [5.41, 5.74) is 1.22. The normalized spacial score (nSPS) is 11.5. The molecule has 0 atom stereocenters. The van der Waals surface area contributed by atoms with Crippen LogP contribution in [-0.2, 0) is 10.0 Å². The lowest BCUT2D eigenvalue weighted by atomic mass is 10.2. The fourth-order valence-electron chi connectivity index (χ4n) is 1.98. The first-order valence-corrected chi connectivity index (χ1v) is 8.62. The third kappa shape index (κ3) is 4.61. The van der Waals surface area contributed by atoms with Crippen LogP contribution in [0.25, 0.3) is 0 Å². The minimum atomic E-state index is -3.64. The van der Waals surface area contributed by atoms with E-state index < -0.39 is 15.9 Å².